The third-order valence-electron chi connectivity index (χ3n) is 5.79. The normalized spacial score (nSPS) is 23.7. The summed E-state index contributed by atoms with van der Waals surface area (Å²) in [5.74, 6) is 0.339. The molecule has 1 N–H and O–H groups in total. The fourth-order valence-corrected chi connectivity index (χ4v) is 3.99. The summed E-state index contributed by atoms with van der Waals surface area (Å²) in [6, 6.07) is 4.01. The highest BCUT2D eigenvalue weighted by Crippen LogP contribution is 2.18. The predicted octanol–water partition coefficient (Wildman–Crippen LogP) is 0.964. The molecule has 2 saturated heterocycles. The molecule has 154 valence electrons. The van der Waals surface area contributed by atoms with Gasteiger partial charge in [0, 0.05) is 70.5 Å². The number of nitrogens with zero attached hydrogens (tertiary/aromatic N) is 4. The van der Waals surface area contributed by atoms with Crippen molar-refractivity contribution in [3.8, 4) is 0 Å². The van der Waals surface area contributed by atoms with Gasteiger partial charge in [-0.3, -0.25) is 19.5 Å². The average Bonchev–Trinajstić information content (AvgIpc) is 2.75. The molecule has 0 aliphatic carbocycles. The van der Waals surface area contributed by atoms with Crippen molar-refractivity contribution in [3.63, 3.8) is 0 Å². The van der Waals surface area contributed by atoms with Crippen molar-refractivity contribution in [2.45, 2.75) is 32.2 Å². The van der Waals surface area contributed by atoms with Crippen LogP contribution in [-0.2, 0) is 16.1 Å². The van der Waals surface area contributed by atoms with Gasteiger partial charge >= 0.3 is 0 Å². The quantitative estimate of drug-likeness (QED) is 0.837. The summed E-state index contributed by atoms with van der Waals surface area (Å²) >= 11 is 0. The van der Waals surface area contributed by atoms with Gasteiger partial charge in [-0.25, -0.2) is 0 Å². The zero-order chi connectivity index (χ0) is 19.8. The Kier molecular flexibility index (Phi) is 7.80. The molecule has 1 aromatic heterocycles. The molecule has 2 aliphatic rings. The van der Waals surface area contributed by atoms with Gasteiger partial charge in [0.15, 0.2) is 0 Å². The van der Waals surface area contributed by atoms with E-state index in [9.17, 15) is 9.59 Å². The average molecular weight is 388 g/mol. The molecule has 0 spiro atoms. The van der Waals surface area contributed by atoms with Gasteiger partial charge in [0.2, 0.25) is 11.8 Å². The van der Waals surface area contributed by atoms with E-state index in [1.807, 2.05) is 17.2 Å². The number of carbonyl (C=O) groups is 2. The number of piperazine rings is 1. The second-order valence-corrected chi connectivity index (χ2v) is 7.99. The van der Waals surface area contributed by atoms with Gasteiger partial charge in [0.05, 0.1) is 0 Å². The largest absolute Gasteiger partial charge is 0.356 e. The minimum Gasteiger partial charge on any atom is -0.356 e. The van der Waals surface area contributed by atoms with Crippen LogP contribution in [0.2, 0.25) is 0 Å². The molecular weight excluding hydrogens is 354 g/mol. The highest BCUT2D eigenvalue weighted by Gasteiger charge is 2.27. The number of nitrogens with one attached hydrogen (secondary N) is 1. The van der Waals surface area contributed by atoms with E-state index < -0.39 is 0 Å². The zero-order valence-corrected chi connectivity index (χ0v) is 17.0. The van der Waals surface area contributed by atoms with Crippen LogP contribution in [0.1, 0.15) is 31.2 Å². The van der Waals surface area contributed by atoms with E-state index in [2.05, 4.69) is 33.2 Å². The summed E-state index contributed by atoms with van der Waals surface area (Å²) in [6.07, 6.45) is 6.74. The van der Waals surface area contributed by atoms with E-state index in [1.165, 1.54) is 0 Å². The Morgan fingerprint density at radius 3 is 2.75 bits per heavy atom. The van der Waals surface area contributed by atoms with Gasteiger partial charge in [-0.1, -0.05) is 6.07 Å². The molecule has 0 bridgehead atoms. The number of amides is 2. The van der Waals surface area contributed by atoms with Crippen LogP contribution >= 0.6 is 0 Å². The number of aromatic nitrogens is 1. The highest BCUT2D eigenvalue weighted by molar-refractivity contribution is 5.79. The first-order valence-electron chi connectivity index (χ1n) is 10.5. The van der Waals surface area contributed by atoms with Crippen LogP contribution in [-0.4, -0.2) is 84.4 Å². The summed E-state index contributed by atoms with van der Waals surface area (Å²) in [5, 5.41) is 3.00. The van der Waals surface area contributed by atoms with Gasteiger partial charge in [-0.05, 0) is 44.5 Å². The summed E-state index contributed by atoms with van der Waals surface area (Å²) in [6.45, 7) is 6.51. The maximum atomic E-state index is 13.0. The predicted molar refractivity (Wildman–Crippen MR) is 109 cm³/mol. The maximum Gasteiger partial charge on any atom is 0.225 e. The molecule has 7 heteroatoms. The Labute approximate surface area is 168 Å². The minimum absolute atomic E-state index is 0.00190. The maximum absolute atomic E-state index is 13.0. The van der Waals surface area contributed by atoms with Crippen molar-refractivity contribution in [3.05, 3.63) is 30.1 Å². The molecule has 1 aromatic rings. The van der Waals surface area contributed by atoms with E-state index in [0.29, 0.717) is 13.0 Å². The lowest BCUT2D eigenvalue weighted by atomic mass is 9.97. The Hall–Kier alpha value is -1.99. The molecule has 3 rings (SSSR count). The minimum atomic E-state index is 0.00190. The van der Waals surface area contributed by atoms with E-state index in [4.69, 9.17) is 0 Å². The van der Waals surface area contributed by atoms with Crippen LogP contribution in [0.3, 0.4) is 0 Å². The molecule has 1 atom stereocenters. The molecule has 0 radical (unpaired) electrons. The topological polar surface area (TPSA) is 68.8 Å². The van der Waals surface area contributed by atoms with Crippen molar-refractivity contribution in [2.24, 2.45) is 5.92 Å². The lowest BCUT2D eigenvalue weighted by Crippen LogP contribution is -2.49. The summed E-state index contributed by atoms with van der Waals surface area (Å²) < 4.78 is 0. The van der Waals surface area contributed by atoms with Gasteiger partial charge in [-0.2, -0.15) is 0 Å². The summed E-state index contributed by atoms with van der Waals surface area (Å²) in [5.41, 5.74) is 1.16. The van der Waals surface area contributed by atoms with Crippen molar-refractivity contribution < 1.29 is 9.59 Å². The Morgan fingerprint density at radius 1 is 1.18 bits per heavy atom. The summed E-state index contributed by atoms with van der Waals surface area (Å²) in [7, 11) is 2.10. The molecule has 28 heavy (non-hydrogen) atoms. The van der Waals surface area contributed by atoms with Crippen molar-refractivity contribution >= 4 is 11.8 Å². The van der Waals surface area contributed by atoms with Gasteiger partial charge in [-0.15, -0.1) is 0 Å². The Morgan fingerprint density at radius 2 is 2.00 bits per heavy atom. The number of carbonyl (C=O) groups excluding carboxylic acids is 2. The van der Waals surface area contributed by atoms with Gasteiger partial charge in [0.25, 0.3) is 0 Å². The van der Waals surface area contributed by atoms with E-state index >= 15 is 0 Å². The number of pyridine rings is 1. The summed E-state index contributed by atoms with van der Waals surface area (Å²) in [4.78, 5) is 36.0. The van der Waals surface area contributed by atoms with Crippen LogP contribution in [0.5, 0.6) is 0 Å². The number of likely N-dealkylation sites (N-methyl/N-ethyl adjacent to an activating group) is 1. The molecule has 2 amide bonds. The molecular formula is C21H33N5O2. The molecule has 0 saturated carbocycles. The second kappa shape index (κ2) is 10.5. The van der Waals surface area contributed by atoms with Crippen LogP contribution in [0.25, 0.3) is 0 Å². The Balaban J connectivity index is 1.59. The zero-order valence-electron chi connectivity index (χ0n) is 17.0. The molecule has 3 heterocycles. The Bertz CT molecular complexity index is 631. The second-order valence-electron chi connectivity index (χ2n) is 7.99. The fourth-order valence-electron chi connectivity index (χ4n) is 3.99. The van der Waals surface area contributed by atoms with Crippen molar-refractivity contribution in [2.75, 3.05) is 52.9 Å². The lowest BCUT2D eigenvalue weighted by molar-refractivity contribution is -0.137. The van der Waals surface area contributed by atoms with Gasteiger partial charge in [0.1, 0.15) is 0 Å². The van der Waals surface area contributed by atoms with Gasteiger partial charge < -0.3 is 15.1 Å². The molecule has 7 nitrogen and oxygen atoms in total. The van der Waals surface area contributed by atoms with Crippen LogP contribution in [0.15, 0.2) is 24.5 Å². The monoisotopic (exact) mass is 387 g/mol. The van der Waals surface area contributed by atoms with Crippen LogP contribution < -0.4 is 5.32 Å². The lowest BCUT2D eigenvalue weighted by Gasteiger charge is -2.34. The van der Waals surface area contributed by atoms with E-state index in [-0.39, 0.29) is 17.7 Å². The highest BCUT2D eigenvalue weighted by atomic mass is 16.2. The van der Waals surface area contributed by atoms with Crippen LogP contribution in [0, 0.1) is 5.92 Å². The first-order valence-corrected chi connectivity index (χ1v) is 10.5. The third-order valence-corrected chi connectivity index (χ3v) is 5.79. The van der Waals surface area contributed by atoms with Crippen LogP contribution in [0.4, 0.5) is 0 Å². The SMILES string of the molecule is CN1CCN(C(=O)C2CCCN(Cc3cccnc3)CCC(=O)NCC2)CC1. The van der Waals surface area contributed by atoms with Crippen molar-refractivity contribution in [1.29, 1.82) is 0 Å². The molecule has 1 unspecified atom stereocenters. The third kappa shape index (κ3) is 6.27. The smallest absolute Gasteiger partial charge is 0.225 e. The number of hydrogen-bond donors (Lipinski definition) is 1. The number of hydrogen-bond acceptors (Lipinski definition) is 5. The standard InChI is InChI=1S/C21H33N5O2/c1-24-12-14-26(15-13-24)21(28)19-5-3-10-25(11-7-20(27)23-9-6-19)17-18-4-2-8-22-16-18/h2,4,8,16,19H,3,5-7,9-15,17H2,1H3,(H,23,27). The molecule has 2 fully saturated rings. The van der Waals surface area contributed by atoms with E-state index in [1.54, 1.807) is 6.20 Å². The van der Waals surface area contributed by atoms with E-state index in [0.717, 1.165) is 70.6 Å². The molecule has 0 aromatic carbocycles. The first kappa shape index (κ1) is 20.7. The first-order chi connectivity index (χ1) is 13.6. The fraction of sp³-hybridized carbons (Fsp3) is 0.667. The number of rotatable bonds is 3. The van der Waals surface area contributed by atoms with Crippen molar-refractivity contribution in [1.82, 2.24) is 25.0 Å². The molecule has 2 aliphatic heterocycles.